The van der Waals surface area contributed by atoms with Crippen LogP contribution in [0, 0.1) is 11.6 Å². The second-order valence-corrected chi connectivity index (χ2v) is 8.55. The SMILES string of the molecule is O=C(CSc1nnc2n(Cc3ccco3)c(=O)c3sccc3n12)Nc1ccc(F)c(F)c1. The van der Waals surface area contributed by atoms with Gasteiger partial charge in [0.2, 0.25) is 11.7 Å². The summed E-state index contributed by atoms with van der Waals surface area (Å²) in [5.74, 6) is -1.61. The normalized spacial score (nSPS) is 11.4. The van der Waals surface area contributed by atoms with Crippen molar-refractivity contribution in [1.29, 1.82) is 0 Å². The number of anilines is 1. The summed E-state index contributed by atoms with van der Waals surface area (Å²) in [6.45, 7) is 0.183. The van der Waals surface area contributed by atoms with Gasteiger partial charge in [-0.25, -0.2) is 8.78 Å². The Morgan fingerprint density at radius 3 is 2.84 bits per heavy atom. The number of hydrogen-bond acceptors (Lipinski definition) is 7. The number of carbonyl (C=O) groups is 1. The van der Waals surface area contributed by atoms with Crippen LogP contribution in [0.15, 0.2) is 62.4 Å². The van der Waals surface area contributed by atoms with Crippen molar-refractivity contribution in [3.8, 4) is 0 Å². The van der Waals surface area contributed by atoms with Crippen molar-refractivity contribution in [2.75, 3.05) is 11.1 Å². The number of hydrogen-bond donors (Lipinski definition) is 1. The van der Waals surface area contributed by atoms with E-state index >= 15 is 0 Å². The van der Waals surface area contributed by atoms with Gasteiger partial charge in [0.1, 0.15) is 10.5 Å². The number of rotatable bonds is 6. The third-order valence-electron chi connectivity index (χ3n) is 4.61. The van der Waals surface area contributed by atoms with Gasteiger partial charge in [0.25, 0.3) is 5.56 Å². The molecule has 0 aliphatic rings. The van der Waals surface area contributed by atoms with Crippen LogP contribution in [-0.4, -0.2) is 30.8 Å². The predicted octanol–water partition coefficient (Wildman–Crippen LogP) is 3.76. The van der Waals surface area contributed by atoms with Gasteiger partial charge in [0.05, 0.1) is 24.1 Å². The van der Waals surface area contributed by atoms with Crippen LogP contribution >= 0.6 is 23.1 Å². The molecule has 5 rings (SSSR count). The second-order valence-electron chi connectivity index (χ2n) is 6.69. The van der Waals surface area contributed by atoms with Crippen molar-refractivity contribution < 1.29 is 18.0 Å². The topological polar surface area (TPSA) is 94.4 Å². The summed E-state index contributed by atoms with van der Waals surface area (Å²) in [5, 5.41) is 13.1. The number of nitrogens with zero attached hydrogens (tertiary/aromatic N) is 4. The van der Waals surface area contributed by atoms with E-state index in [4.69, 9.17) is 4.42 Å². The molecule has 4 heterocycles. The van der Waals surface area contributed by atoms with E-state index in [-0.39, 0.29) is 23.5 Å². The van der Waals surface area contributed by atoms with Gasteiger partial charge in [-0.05, 0) is 35.7 Å². The molecular formula is C20H13F2N5O3S2. The van der Waals surface area contributed by atoms with Crippen molar-refractivity contribution in [3.05, 3.63) is 75.8 Å². The molecule has 1 amide bonds. The van der Waals surface area contributed by atoms with Gasteiger partial charge in [0, 0.05) is 11.8 Å². The average Bonchev–Trinajstić information content (AvgIpc) is 3.52. The van der Waals surface area contributed by atoms with Crippen molar-refractivity contribution >= 4 is 50.7 Å². The van der Waals surface area contributed by atoms with Crippen LogP contribution in [-0.2, 0) is 11.3 Å². The zero-order chi connectivity index (χ0) is 22.2. The Labute approximate surface area is 186 Å². The minimum absolute atomic E-state index is 0.0528. The molecule has 0 radical (unpaired) electrons. The minimum Gasteiger partial charge on any atom is -0.467 e. The van der Waals surface area contributed by atoms with E-state index in [2.05, 4.69) is 15.5 Å². The van der Waals surface area contributed by atoms with Gasteiger partial charge in [0.15, 0.2) is 16.8 Å². The van der Waals surface area contributed by atoms with E-state index in [1.807, 2.05) is 0 Å². The molecule has 0 aliphatic heterocycles. The number of benzene rings is 1. The lowest BCUT2D eigenvalue weighted by Crippen LogP contribution is -2.23. The van der Waals surface area contributed by atoms with Crippen LogP contribution in [0.1, 0.15) is 5.76 Å². The molecule has 0 saturated carbocycles. The number of carbonyl (C=O) groups excluding carboxylic acids is 1. The molecule has 162 valence electrons. The number of thioether (sulfide) groups is 1. The number of fused-ring (bicyclic) bond motifs is 3. The maximum absolute atomic E-state index is 13.4. The van der Waals surface area contributed by atoms with Crippen molar-refractivity contribution in [2.45, 2.75) is 11.7 Å². The highest BCUT2D eigenvalue weighted by molar-refractivity contribution is 7.99. The van der Waals surface area contributed by atoms with E-state index in [0.717, 1.165) is 23.9 Å². The van der Waals surface area contributed by atoms with E-state index in [1.54, 1.807) is 28.0 Å². The molecule has 1 aromatic carbocycles. The molecule has 0 unspecified atom stereocenters. The first-order valence-corrected chi connectivity index (χ1v) is 11.1. The fraction of sp³-hybridized carbons (Fsp3) is 0.100. The third kappa shape index (κ3) is 3.67. The quantitative estimate of drug-likeness (QED) is 0.378. The van der Waals surface area contributed by atoms with Gasteiger partial charge in [-0.3, -0.25) is 18.6 Å². The molecule has 0 atom stereocenters. The van der Waals surface area contributed by atoms with Crippen LogP contribution in [0.25, 0.3) is 16.0 Å². The third-order valence-corrected chi connectivity index (χ3v) is 6.43. The average molecular weight is 473 g/mol. The van der Waals surface area contributed by atoms with Gasteiger partial charge in [-0.15, -0.1) is 21.5 Å². The molecule has 4 aromatic heterocycles. The summed E-state index contributed by atoms with van der Waals surface area (Å²) < 4.78 is 35.5. The highest BCUT2D eigenvalue weighted by atomic mass is 32.2. The van der Waals surface area contributed by atoms with E-state index in [0.29, 0.717) is 26.9 Å². The van der Waals surface area contributed by atoms with Crippen molar-refractivity contribution in [1.82, 2.24) is 19.2 Å². The summed E-state index contributed by atoms with van der Waals surface area (Å²) >= 11 is 2.41. The first-order chi connectivity index (χ1) is 15.5. The Balaban J connectivity index is 1.44. The lowest BCUT2D eigenvalue weighted by atomic mass is 10.3. The predicted molar refractivity (Wildman–Crippen MR) is 116 cm³/mol. The highest BCUT2D eigenvalue weighted by Crippen LogP contribution is 2.25. The zero-order valence-electron chi connectivity index (χ0n) is 16.1. The number of nitrogens with one attached hydrogen (secondary N) is 1. The minimum atomic E-state index is -1.05. The highest BCUT2D eigenvalue weighted by Gasteiger charge is 2.19. The largest absolute Gasteiger partial charge is 0.467 e. The summed E-state index contributed by atoms with van der Waals surface area (Å²) in [7, 11) is 0. The Morgan fingerprint density at radius 2 is 2.06 bits per heavy atom. The smallest absolute Gasteiger partial charge is 0.273 e. The molecular weight excluding hydrogens is 460 g/mol. The van der Waals surface area contributed by atoms with E-state index in [9.17, 15) is 18.4 Å². The standard InChI is InChI=1S/C20H13F2N5O3S2/c21-13-4-3-11(8-14(13)22)23-16(28)10-32-20-25-24-19-26(9-12-2-1-6-30-12)18(29)17-15(27(19)20)5-7-31-17/h1-8H,9-10H2,(H,23,28). The molecule has 32 heavy (non-hydrogen) atoms. The van der Waals surface area contributed by atoms with Crippen LogP contribution in [0.2, 0.25) is 0 Å². The number of aromatic nitrogens is 4. The van der Waals surface area contributed by atoms with Crippen LogP contribution in [0.4, 0.5) is 14.5 Å². The molecule has 0 bridgehead atoms. The van der Waals surface area contributed by atoms with E-state index in [1.165, 1.54) is 28.2 Å². The van der Waals surface area contributed by atoms with Crippen molar-refractivity contribution in [2.24, 2.45) is 0 Å². The first kappa shape index (κ1) is 20.4. The first-order valence-electron chi connectivity index (χ1n) is 9.26. The molecule has 5 aromatic rings. The Bertz CT molecular complexity index is 1510. The van der Waals surface area contributed by atoms with Gasteiger partial charge in [-0.1, -0.05) is 11.8 Å². The molecule has 0 fully saturated rings. The number of amides is 1. The molecule has 0 saturated heterocycles. The maximum Gasteiger partial charge on any atom is 0.273 e. The van der Waals surface area contributed by atoms with Gasteiger partial charge < -0.3 is 9.73 Å². The molecule has 0 spiro atoms. The van der Waals surface area contributed by atoms with Gasteiger partial charge >= 0.3 is 0 Å². The molecule has 12 heteroatoms. The number of furan rings is 1. The Morgan fingerprint density at radius 1 is 1.19 bits per heavy atom. The summed E-state index contributed by atoms with van der Waals surface area (Å²) in [6.07, 6.45) is 1.53. The molecule has 0 aliphatic carbocycles. The Hall–Kier alpha value is -3.51. The molecule has 8 nitrogen and oxygen atoms in total. The van der Waals surface area contributed by atoms with Crippen molar-refractivity contribution in [3.63, 3.8) is 0 Å². The summed E-state index contributed by atoms with van der Waals surface area (Å²) in [4.78, 5) is 25.3. The fourth-order valence-electron chi connectivity index (χ4n) is 3.20. The second kappa shape index (κ2) is 8.20. The number of thiophene rings is 1. The summed E-state index contributed by atoms with van der Waals surface area (Å²) in [6, 6.07) is 8.41. The Kier molecular flexibility index (Phi) is 5.23. The zero-order valence-corrected chi connectivity index (χ0v) is 17.8. The van der Waals surface area contributed by atoms with Gasteiger partial charge in [-0.2, -0.15) is 0 Å². The lowest BCUT2D eigenvalue weighted by molar-refractivity contribution is -0.113. The van der Waals surface area contributed by atoms with Crippen LogP contribution in [0.5, 0.6) is 0 Å². The molecule has 1 N–H and O–H groups in total. The fourth-order valence-corrected chi connectivity index (χ4v) is 4.76. The maximum atomic E-state index is 13.4. The monoisotopic (exact) mass is 473 g/mol. The lowest BCUT2D eigenvalue weighted by Gasteiger charge is -2.08. The van der Waals surface area contributed by atoms with E-state index < -0.39 is 17.5 Å². The van der Waals surface area contributed by atoms with Crippen LogP contribution < -0.4 is 10.9 Å². The van der Waals surface area contributed by atoms with Crippen LogP contribution in [0.3, 0.4) is 0 Å². The number of halogens is 2. The summed E-state index contributed by atoms with van der Waals surface area (Å²) in [5.41, 5.74) is 0.575.